The van der Waals surface area contributed by atoms with Gasteiger partial charge in [-0.3, -0.25) is 14.5 Å². The first-order valence-electron chi connectivity index (χ1n) is 10.5. The molecule has 2 amide bonds. The Morgan fingerprint density at radius 3 is 2.66 bits per heavy atom. The van der Waals surface area contributed by atoms with Gasteiger partial charge in [0.2, 0.25) is 11.8 Å². The summed E-state index contributed by atoms with van der Waals surface area (Å²) in [6.45, 7) is 9.98. The average molecular weight is 404 g/mol. The fourth-order valence-corrected chi connectivity index (χ4v) is 4.25. The van der Waals surface area contributed by atoms with Crippen molar-refractivity contribution >= 4 is 17.5 Å². The topological polar surface area (TPSA) is 71.1 Å². The van der Waals surface area contributed by atoms with Crippen molar-refractivity contribution in [3.63, 3.8) is 0 Å². The van der Waals surface area contributed by atoms with Crippen molar-refractivity contribution in [2.45, 2.75) is 45.8 Å². The molecule has 3 atom stereocenters. The quantitative estimate of drug-likeness (QED) is 0.705. The number of rotatable bonds is 7. The highest BCUT2D eigenvalue weighted by Crippen LogP contribution is 2.33. The minimum atomic E-state index is -0.323. The largest absolute Gasteiger partial charge is 0.495 e. The summed E-state index contributed by atoms with van der Waals surface area (Å²) in [5, 5.41) is 3.01. The van der Waals surface area contributed by atoms with Crippen LogP contribution in [0.4, 0.5) is 5.69 Å². The molecule has 0 aromatic heterocycles. The Balaban J connectivity index is 1.47. The maximum Gasteiger partial charge on any atom is 0.227 e. The van der Waals surface area contributed by atoms with Gasteiger partial charge in [0, 0.05) is 39.1 Å². The summed E-state index contributed by atoms with van der Waals surface area (Å²) in [5.41, 5.74) is 1.79. The number of ether oxygens (including phenoxy) is 2. The predicted octanol–water partition coefficient (Wildman–Crippen LogP) is 1.97. The van der Waals surface area contributed by atoms with Crippen molar-refractivity contribution in [2.75, 3.05) is 44.7 Å². The van der Waals surface area contributed by atoms with Crippen LogP contribution in [0.2, 0.25) is 0 Å². The Bertz CT molecular complexity index is 729. The van der Waals surface area contributed by atoms with Crippen molar-refractivity contribution in [3.8, 4) is 5.75 Å². The number of carbonyl (C=O) groups excluding carboxylic acids is 2. The molecule has 3 unspecified atom stereocenters. The van der Waals surface area contributed by atoms with E-state index >= 15 is 0 Å². The van der Waals surface area contributed by atoms with Crippen LogP contribution in [0.5, 0.6) is 5.75 Å². The fraction of sp³-hybridized carbons (Fsp3) is 0.636. The minimum absolute atomic E-state index is 0.0367. The molecule has 2 saturated heterocycles. The van der Waals surface area contributed by atoms with Crippen LogP contribution < -0.4 is 15.0 Å². The number of aryl methyl sites for hydroxylation is 1. The van der Waals surface area contributed by atoms with Gasteiger partial charge in [0.15, 0.2) is 0 Å². The number of nitrogens with one attached hydrogen (secondary N) is 1. The lowest BCUT2D eigenvalue weighted by molar-refractivity contribution is -0.126. The van der Waals surface area contributed by atoms with Gasteiger partial charge in [-0.05, 0) is 44.9 Å². The van der Waals surface area contributed by atoms with E-state index in [0.29, 0.717) is 18.8 Å². The highest BCUT2D eigenvalue weighted by molar-refractivity contribution is 6.01. The Labute approximate surface area is 173 Å². The zero-order chi connectivity index (χ0) is 21.0. The predicted molar refractivity (Wildman–Crippen MR) is 112 cm³/mol. The lowest BCUT2D eigenvalue weighted by atomic mass is 10.1. The number of nitrogens with zero attached hydrogens (tertiary/aromatic N) is 2. The molecule has 2 heterocycles. The maximum absolute atomic E-state index is 12.6. The number of methoxy groups -OCH3 is 1. The number of morpholine rings is 1. The summed E-state index contributed by atoms with van der Waals surface area (Å²) in [5.74, 6) is 0.247. The molecule has 160 valence electrons. The van der Waals surface area contributed by atoms with Crippen LogP contribution in [0, 0.1) is 12.8 Å². The van der Waals surface area contributed by atoms with Crippen LogP contribution >= 0.6 is 0 Å². The normalized spacial score (nSPS) is 25.3. The van der Waals surface area contributed by atoms with Crippen molar-refractivity contribution in [1.29, 1.82) is 0 Å². The van der Waals surface area contributed by atoms with Gasteiger partial charge in [-0.15, -0.1) is 0 Å². The van der Waals surface area contributed by atoms with Crippen LogP contribution in [0.1, 0.15) is 32.3 Å². The molecule has 29 heavy (non-hydrogen) atoms. The van der Waals surface area contributed by atoms with Crippen LogP contribution in [0.15, 0.2) is 18.2 Å². The lowest BCUT2D eigenvalue weighted by Gasteiger charge is -2.35. The van der Waals surface area contributed by atoms with E-state index in [9.17, 15) is 9.59 Å². The Kier molecular flexibility index (Phi) is 7.14. The summed E-state index contributed by atoms with van der Waals surface area (Å²) >= 11 is 0. The summed E-state index contributed by atoms with van der Waals surface area (Å²) < 4.78 is 11.2. The monoisotopic (exact) mass is 403 g/mol. The first-order valence-corrected chi connectivity index (χ1v) is 10.5. The van der Waals surface area contributed by atoms with Crippen molar-refractivity contribution in [2.24, 2.45) is 5.92 Å². The van der Waals surface area contributed by atoms with Gasteiger partial charge >= 0.3 is 0 Å². The molecule has 0 bridgehead atoms. The molecular weight excluding hydrogens is 370 g/mol. The number of hydrogen-bond donors (Lipinski definition) is 1. The molecule has 0 spiro atoms. The second kappa shape index (κ2) is 9.59. The van der Waals surface area contributed by atoms with Crippen LogP contribution in [0.3, 0.4) is 0 Å². The molecule has 1 aromatic carbocycles. The molecule has 2 aliphatic heterocycles. The molecule has 7 heteroatoms. The Morgan fingerprint density at radius 1 is 1.24 bits per heavy atom. The number of hydrogen-bond acceptors (Lipinski definition) is 5. The highest BCUT2D eigenvalue weighted by Gasteiger charge is 2.36. The number of benzene rings is 1. The van der Waals surface area contributed by atoms with E-state index in [1.807, 2.05) is 25.1 Å². The van der Waals surface area contributed by atoms with Gasteiger partial charge in [-0.25, -0.2) is 0 Å². The van der Waals surface area contributed by atoms with Crippen LogP contribution in [0.25, 0.3) is 0 Å². The van der Waals surface area contributed by atoms with E-state index in [1.165, 1.54) is 0 Å². The Morgan fingerprint density at radius 2 is 1.97 bits per heavy atom. The third-order valence-electron chi connectivity index (χ3n) is 5.57. The SMILES string of the molecule is COc1ccc(C)cc1N1CC(C(=O)NCCCN2CC(C)OC(C)C2)CC1=O. The number of amides is 2. The smallest absolute Gasteiger partial charge is 0.227 e. The Hall–Kier alpha value is -2.12. The maximum atomic E-state index is 12.6. The molecule has 2 fully saturated rings. The molecule has 7 nitrogen and oxygen atoms in total. The molecule has 0 aliphatic carbocycles. The van der Waals surface area contributed by atoms with Gasteiger partial charge in [-0.1, -0.05) is 6.07 Å². The van der Waals surface area contributed by atoms with E-state index in [4.69, 9.17) is 9.47 Å². The van der Waals surface area contributed by atoms with Gasteiger partial charge in [0.25, 0.3) is 0 Å². The van der Waals surface area contributed by atoms with Crippen molar-refractivity contribution in [1.82, 2.24) is 10.2 Å². The zero-order valence-electron chi connectivity index (χ0n) is 17.9. The summed E-state index contributed by atoms with van der Waals surface area (Å²) in [6.07, 6.45) is 1.63. The van der Waals surface area contributed by atoms with Crippen molar-refractivity contribution < 1.29 is 19.1 Å². The van der Waals surface area contributed by atoms with Crippen molar-refractivity contribution in [3.05, 3.63) is 23.8 Å². The summed E-state index contributed by atoms with van der Waals surface area (Å²) in [4.78, 5) is 29.2. The van der Waals surface area contributed by atoms with E-state index in [-0.39, 0.29) is 36.4 Å². The highest BCUT2D eigenvalue weighted by atomic mass is 16.5. The second-order valence-electron chi connectivity index (χ2n) is 8.24. The third kappa shape index (κ3) is 5.48. The van der Waals surface area contributed by atoms with Gasteiger partial charge in [0.1, 0.15) is 5.75 Å². The van der Waals surface area contributed by atoms with Gasteiger partial charge < -0.3 is 19.7 Å². The minimum Gasteiger partial charge on any atom is -0.495 e. The molecule has 3 rings (SSSR count). The standard InChI is InChI=1S/C22H33N3O4/c1-15-6-7-20(28-4)19(10-15)25-14-18(11-21(25)26)22(27)23-8-5-9-24-12-16(2)29-17(3)13-24/h6-7,10,16-18H,5,8-9,11-14H2,1-4H3,(H,23,27). The van der Waals surface area contributed by atoms with E-state index in [2.05, 4.69) is 24.1 Å². The van der Waals surface area contributed by atoms with Gasteiger partial charge in [-0.2, -0.15) is 0 Å². The molecule has 1 aromatic rings. The molecule has 0 saturated carbocycles. The second-order valence-corrected chi connectivity index (χ2v) is 8.24. The first kappa shape index (κ1) is 21.6. The molecule has 2 aliphatic rings. The van der Waals surface area contributed by atoms with Gasteiger partial charge in [0.05, 0.1) is 30.9 Å². The molecular formula is C22H33N3O4. The summed E-state index contributed by atoms with van der Waals surface area (Å²) in [7, 11) is 1.59. The third-order valence-corrected chi connectivity index (χ3v) is 5.57. The van der Waals surface area contributed by atoms with E-state index in [0.717, 1.165) is 37.3 Å². The zero-order valence-corrected chi connectivity index (χ0v) is 17.9. The lowest BCUT2D eigenvalue weighted by Crippen LogP contribution is -2.46. The number of carbonyl (C=O) groups is 2. The first-order chi connectivity index (χ1) is 13.9. The van der Waals surface area contributed by atoms with Crippen LogP contribution in [-0.2, 0) is 14.3 Å². The van der Waals surface area contributed by atoms with E-state index < -0.39 is 0 Å². The van der Waals surface area contributed by atoms with Crippen LogP contribution in [-0.4, -0.2) is 68.8 Å². The fourth-order valence-electron chi connectivity index (χ4n) is 4.25. The average Bonchev–Trinajstić information content (AvgIpc) is 3.06. The molecule has 1 N–H and O–H groups in total. The number of anilines is 1. The summed E-state index contributed by atoms with van der Waals surface area (Å²) in [6, 6.07) is 5.74. The molecule has 0 radical (unpaired) electrons. The van der Waals surface area contributed by atoms with E-state index in [1.54, 1.807) is 12.0 Å².